The number of hydrogen-bond acceptors (Lipinski definition) is 5. The van der Waals surface area contributed by atoms with E-state index >= 15 is 0 Å². The molecule has 0 aliphatic carbocycles. The van der Waals surface area contributed by atoms with Crippen LogP contribution in [0.2, 0.25) is 0 Å². The summed E-state index contributed by atoms with van der Waals surface area (Å²) in [5.41, 5.74) is 3.47. The van der Waals surface area contributed by atoms with Crippen molar-refractivity contribution in [3.63, 3.8) is 0 Å². The zero-order valence-electron chi connectivity index (χ0n) is 13.0. The third-order valence-corrected chi connectivity index (χ3v) is 4.12. The Hall–Kier alpha value is -2.21. The first-order chi connectivity index (χ1) is 10.7. The van der Waals surface area contributed by atoms with Crippen LogP contribution in [0.15, 0.2) is 24.5 Å². The minimum absolute atomic E-state index is 0.394. The molecule has 0 spiro atoms. The van der Waals surface area contributed by atoms with Gasteiger partial charge in [-0.3, -0.25) is 4.79 Å². The molecule has 1 N–H and O–H groups in total. The summed E-state index contributed by atoms with van der Waals surface area (Å²) in [5.74, 6) is 0. The minimum atomic E-state index is 0.394. The summed E-state index contributed by atoms with van der Waals surface area (Å²) in [7, 11) is 0. The Bertz CT molecular complexity index is 653. The minimum Gasteiger partial charge on any atom is -0.366 e. The Morgan fingerprint density at radius 2 is 2.05 bits per heavy atom. The van der Waals surface area contributed by atoms with Crippen LogP contribution in [0.3, 0.4) is 0 Å². The van der Waals surface area contributed by atoms with Crippen molar-refractivity contribution in [1.29, 1.82) is 0 Å². The Morgan fingerprint density at radius 3 is 2.77 bits per heavy atom. The molecule has 0 radical (unpaired) electrons. The molecule has 3 rings (SSSR count). The molecule has 1 aromatic heterocycles. The van der Waals surface area contributed by atoms with Crippen LogP contribution in [-0.4, -0.2) is 47.0 Å². The summed E-state index contributed by atoms with van der Waals surface area (Å²) in [6, 6.07) is 4.40. The lowest BCUT2D eigenvalue weighted by Gasteiger charge is -2.31. The number of aryl methyl sites for hydroxylation is 1. The average molecular weight is 299 g/mol. The van der Waals surface area contributed by atoms with Gasteiger partial charge in [0.15, 0.2) is 6.29 Å². The second-order valence-electron chi connectivity index (χ2n) is 5.74. The SMILES string of the molecule is Cc1cc(C=O)c(-n2nccn2)c(N2CCNCC[C@H]2C)c1. The smallest absolute Gasteiger partial charge is 0.152 e. The Labute approximate surface area is 130 Å². The molecule has 116 valence electrons. The van der Waals surface area contributed by atoms with Crippen molar-refractivity contribution in [3.05, 3.63) is 35.7 Å². The summed E-state index contributed by atoms with van der Waals surface area (Å²) >= 11 is 0. The highest BCUT2D eigenvalue weighted by Crippen LogP contribution is 2.30. The van der Waals surface area contributed by atoms with Crippen LogP contribution in [0.4, 0.5) is 5.69 Å². The molecule has 22 heavy (non-hydrogen) atoms. The highest BCUT2D eigenvalue weighted by Gasteiger charge is 2.23. The molecule has 1 aromatic carbocycles. The number of aromatic nitrogens is 3. The highest BCUT2D eigenvalue weighted by atomic mass is 16.1. The maximum absolute atomic E-state index is 11.6. The van der Waals surface area contributed by atoms with Crippen LogP contribution in [0, 0.1) is 6.92 Å². The normalized spacial score (nSPS) is 19.0. The van der Waals surface area contributed by atoms with Crippen molar-refractivity contribution in [3.8, 4) is 5.69 Å². The molecule has 6 nitrogen and oxygen atoms in total. The van der Waals surface area contributed by atoms with Gasteiger partial charge in [0, 0.05) is 24.7 Å². The van der Waals surface area contributed by atoms with E-state index < -0.39 is 0 Å². The molecule has 1 atom stereocenters. The number of carbonyl (C=O) groups excluding carboxylic acids is 1. The van der Waals surface area contributed by atoms with Gasteiger partial charge in [-0.25, -0.2) is 0 Å². The van der Waals surface area contributed by atoms with Crippen LogP contribution >= 0.6 is 0 Å². The van der Waals surface area contributed by atoms with Gasteiger partial charge in [-0.2, -0.15) is 10.2 Å². The molecule has 0 unspecified atom stereocenters. The third-order valence-electron chi connectivity index (χ3n) is 4.12. The van der Waals surface area contributed by atoms with E-state index in [1.54, 1.807) is 17.2 Å². The van der Waals surface area contributed by atoms with E-state index in [9.17, 15) is 4.79 Å². The van der Waals surface area contributed by atoms with Crippen molar-refractivity contribution in [2.75, 3.05) is 24.5 Å². The maximum atomic E-state index is 11.6. The number of nitrogens with zero attached hydrogens (tertiary/aromatic N) is 4. The number of anilines is 1. The van der Waals surface area contributed by atoms with Crippen LogP contribution in [0.25, 0.3) is 5.69 Å². The molecule has 2 heterocycles. The third kappa shape index (κ3) is 2.74. The zero-order valence-corrected chi connectivity index (χ0v) is 13.0. The zero-order chi connectivity index (χ0) is 15.5. The first-order valence-electron chi connectivity index (χ1n) is 7.64. The second kappa shape index (κ2) is 6.27. The maximum Gasteiger partial charge on any atom is 0.152 e. The Morgan fingerprint density at radius 1 is 1.27 bits per heavy atom. The monoisotopic (exact) mass is 299 g/mol. The van der Waals surface area contributed by atoms with E-state index in [0.29, 0.717) is 11.6 Å². The molecule has 1 saturated heterocycles. The molecule has 2 aromatic rings. The molecule has 6 heteroatoms. The first-order valence-corrected chi connectivity index (χ1v) is 7.64. The standard InChI is InChI=1S/C16H21N5O/c1-12-9-14(11-22)16(21-18-5-6-19-21)15(10-12)20-8-7-17-4-3-13(20)2/h5-6,9-11,13,17H,3-4,7-8H2,1-2H3/t13-/m1/s1. The Kier molecular flexibility index (Phi) is 4.20. The molecule has 0 amide bonds. The molecule has 1 aliphatic heterocycles. The summed E-state index contributed by atoms with van der Waals surface area (Å²) in [6.45, 7) is 7.07. The molecule has 0 saturated carbocycles. The van der Waals surface area contributed by atoms with Gasteiger partial charge in [-0.05, 0) is 44.5 Å². The lowest BCUT2D eigenvalue weighted by molar-refractivity contribution is 0.112. The van der Waals surface area contributed by atoms with Gasteiger partial charge >= 0.3 is 0 Å². The quantitative estimate of drug-likeness (QED) is 0.872. The number of nitrogens with one attached hydrogen (secondary N) is 1. The lowest BCUT2D eigenvalue weighted by Crippen LogP contribution is -2.35. The van der Waals surface area contributed by atoms with Gasteiger partial charge in [-0.1, -0.05) is 0 Å². The summed E-state index contributed by atoms with van der Waals surface area (Å²) in [6.07, 6.45) is 5.21. The van der Waals surface area contributed by atoms with Gasteiger partial charge in [0.05, 0.1) is 18.1 Å². The van der Waals surface area contributed by atoms with Crippen LogP contribution in [-0.2, 0) is 0 Å². The predicted molar refractivity (Wildman–Crippen MR) is 85.8 cm³/mol. The van der Waals surface area contributed by atoms with Gasteiger partial charge < -0.3 is 10.2 Å². The Balaban J connectivity index is 2.16. The largest absolute Gasteiger partial charge is 0.366 e. The van der Waals surface area contributed by atoms with E-state index in [0.717, 1.165) is 49.3 Å². The molecule has 1 aliphatic rings. The highest BCUT2D eigenvalue weighted by molar-refractivity contribution is 5.86. The van der Waals surface area contributed by atoms with Crippen molar-refractivity contribution in [2.45, 2.75) is 26.3 Å². The summed E-state index contributed by atoms with van der Waals surface area (Å²) in [4.78, 5) is 15.5. The second-order valence-corrected chi connectivity index (χ2v) is 5.74. The lowest BCUT2D eigenvalue weighted by atomic mass is 10.1. The van der Waals surface area contributed by atoms with Gasteiger partial charge in [0.1, 0.15) is 5.69 Å². The van der Waals surface area contributed by atoms with Crippen LogP contribution in [0.1, 0.15) is 29.3 Å². The predicted octanol–water partition coefficient (Wildman–Crippen LogP) is 1.58. The van der Waals surface area contributed by atoms with E-state index in [1.165, 1.54) is 0 Å². The number of carbonyl (C=O) groups is 1. The van der Waals surface area contributed by atoms with Crippen molar-refractivity contribution in [2.24, 2.45) is 0 Å². The van der Waals surface area contributed by atoms with E-state index in [1.807, 2.05) is 13.0 Å². The summed E-state index contributed by atoms with van der Waals surface area (Å²) < 4.78 is 0. The number of benzene rings is 1. The molecule has 1 fully saturated rings. The van der Waals surface area contributed by atoms with Gasteiger partial charge in [-0.15, -0.1) is 4.80 Å². The first kappa shape index (κ1) is 14.7. The molecular formula is C16H21N5O. The fourth-order valence-electron chi connectivity index (χ4n) is 3.01. The number of aldehydes is 1. The molecular weight excluding hydrogens is 278 g/mol. The topological polar surface area (TPSA) is 63.1 Å². The van der Waals surface area contributed by atoms with Crippen molar-refractivity contribution < 1.29 is 4.79 Å². The fourth-order valence-corrected chi connectivity index (χ4v) is 3.01. The van der Waals surface area contributed by atoms with Crippen LogP contribution < -0.4 is 10.2 Å². The average Bonchev–Trinajstić information content (AvgIpc) is 2.95. The fraction of sp³-hybridized carbons (Fsp3) is 0.438. The van der Waals surface area contributed by atoms with Gasteiger partial charge in [0.25, 0.3) is 0 Å². The van der Waals surface area contributed by atoms with Crippen molar-refractivity contribution in [1.82, 2.24) is 20.3 Å². The van der Waals surface area contributed by atoms with E-state index in [2.05, 4.69) is 33.4 Å². The van der Waals surface area contributed by atoms with Gasteiger partial charge in [0.2, 0.25) is 0 Å². The number of hydrogen-bond donors (Lipinski definition) is 1. The molecule has 0 bridgehead atoms. The van der Waals surface area contributed by atoms with E-state index in [4.69, 9.17) is 0 Å². The number of rotatable bonds is 3. The van der Waals surface area contributed by atoms with Crippen LogP contribution in [0.5, 0.6) is 0 Å². The van der Waals surface area contributed by atoms with E-state index in [-0.39, 0.29) is 0 Å². The summed E-state index contributed by atoms with van der Waals surface area (Å²) in [5, 5.41) is 11.9. The van der Waals surface area contributed by atoms with Crippen molar-refractivity contribution >= 4 is 12.0 Å².